The van der Waals surface area contributed by atoms with Crippen LogP contribution in [0.3, 0.4) is 0 Å². The van der Waals surface area contributed by atoms with Gasteiger partial charge in [-0.3, -0.25) is 4.79 Å². The van der Waals surface area contributed by atoms with Gasteiger partial charge in [-0.15, -0.1) is 0 Å². The van der Waals surface area contributed by atoms with Crippen LogP contribution in [0, 0.1) is 0 Å². The minimum atomic E-state index is -0.227. The first-order valence-electron chi connectivity index (χ1n) is 4.98. The largest absolute Gasteiger partial charge is 0.383 e. The molecule has 0 bridgehead atoms. The van der Waals surface area contributed by atoms with E-state index in [9.17, 15) is 4.79 Å². The highest BCUT2D eigenvalue weighted by Crippen LogP contribution is 2.33. The van der Waals surface area contributed by atoms with E-state index in [0.717, 1.165) is 21.3 Å². The summed E-state index contributed by atoms with van der Waals surface area (Å²) in [5.41, 5.74) is 8.74. The topological polar surface area (TPSA) is 64.3 Å². The van der Waals surface area contributed by atoms with Crippen molar-refractivity contribution in [2.24, 2.45) is 5.73 Å². The molecule has 0 fully saturated rings. The number of carbonyl (C=O) groups is 1. The first-order chi connectivity index (χ1) is 7.61. The summed E-state index contributed by atoms with van der Waals surface area (Å²) in [4.78, 5) is 11.3. The molecule has 1 amide bonds. The highest BCUT2D eigenvalue weighted by molar-refractivity contribution is 9.10. The van der Waals surface area contributed by atoms with Gasteiger partial charge in [0.15, 0.2) is 0 Å². The Kier molecular flexibility index (Phi) is 3.28. The zero-order valence-corrected chi connectivity index (χ0v) is 10.5. The minimum absolute atomic E-state index is 0.0129. The first-order valence-corrected chi connectivity index (χ1v) is 5.78. The minimum Gasteiger partial charge on any atom is -0.383 e. The molecular weight excluding hydrogens is 272 g/mol. The number of hydrogen-bond acceptors (Lipinski definition) is 3. The number of amides is 1. The van der Waals surface area contributed by atoms with Gasteiger partial charge in [0.05, 0.1) is 19.1 Å². The zero-order chi connectivity index (χ0) is 11.7. The lowest BCUT2D eigenvalue weighted by atomic mass is 10.0. The van der Waals surface area contributed by atoms with Crippen LogP contribution in [0.1, 0.15) is 17.2 Å². The second-order valence-corrected chi connectivity index (χ2v) is 4.73. The number of nitrogens with one attached hydrogen (secondary N) is 1. The van der Waals surface area contributed by atoms with Crippen LogP contribution in [0.2, 0.25) is 0 Å². The number of carbonyl (C=O) groups excluding carboxylic acids is 1. The van der Waals surface area contributed by atoms with Gasteiger partial charge in [-0.25, -0.2) is 0 Å². The smallest absolute Gasteiger partial charge is 0.228 e. The van der Waals surface area contributed by atoms with Crippen molar-refractivity contribution in [3.05, 3.63) is 27.7 Å². The van der Waals surface area contributed by atoms with E-state index in [1.165, 1.54) is 0 Å². The summed E-state index contributed by atoms with van der Waals surface area (Å²) in [7, 11) is 1.61. The Morgan fingerprint density at radius 2 is 2.38 bits per heavy atom. The number of anilines is 1. The van der Waals surface area contributed by atoms with Crippen molar-refractivity contribution in [1.29, 1.82) is 0 Å². The summed E-state index contributed by atoms with van der Waals surface area (Å²) < 4.78 is 5.97. The predicted octanol–water partition coefficient (Wildman–Crippen LogP) is 1.59. The van der Waals surface area contributed by atoms with E-state index in [4.69, 9.17) is 10.5 Å². The van der Waals surface area contributed by atoms with Crippen LogP contribution in [0.5, 0.6) is 0 Å². The molecule has 1 heterocycles. The molecule has 16 heavy (non-hydrogen) atoms. The van der Waals surface area contributed by atoms with Crippen molar-refractivity contribution in [3.63, 3.8) is 0 Å². The monoisotopic (exact) mass is 284 g/mol. The predicted molar refractivity (Wildman–Crippen MR) is 65.3 cm³/mol. The molecule has 1 aliphatic rings. The second kappa shape index (κ2) is 4.53. The summed E-state index contributed by atoms with van der Waals surface area (Å²) in [5, 5.41) is 2.84. The van der Waals surface area contributed by atoms with Crippen molar-refractivity contribution < 1.29 is 9.53 Å². The van der Waals surface area contributed by atoms with E-state index in [2.05, 4.69) is 21.2 Å². The number of halogens is 1. The number of ether oxygens (including phenoxy) is 1. The van der Waals surface area contributed by atoms with Crippen LogP contribution in [0.4, 0.5) is 5.69 Å². The van der Waals surface area contributed by atoms with Crippen LogP contribution in [0.15, 0.2) is 16.6 Å². The number of fused-ring (bicyclic) bond motifs is 1. The fourth-order valence-corrected chi connectivity index (χ4v) is 2.42. The third-order valence-electron chi connectivity index (χ3n) is 2.58. The van der Waals surface area contributed by atoms with Gasteiger partial charge in [0.1, 0.15) is 0 Å². The van der Waals surface area contributed by atoms with Crippen LogP contribution in [-0.2, 0) is 16.0 Å². The van der Waals surface area contributed by atoms with Gasteiger partial charge in [-0.1, -0.05) is 15.9 Å². The maximum atomic E-state index is 11.3. The van der Waals surface area contributed by atoms with E-state index in [0.29, 0.717) is 13.0 Å². The van der Waals surface area contributed by atoms with E-state index < -0.39 is 0 Å². The van der Waals surface area contributed by atoms with Crippen molar-refractivity contribution in [2.75, 3.05) is 19.0 Å². The highest BCUT2D eigenvalue weighted by atomic mass is 79.9. The van der Waals surface area contributed by atoms with E-state index in [1.54, 1.807) is 7.11 Å². The van der Waals surface area contributed by atoms with Crippen LogP contribution in [0.25, 0.3) is 0 Å². The quantitative estimate of drug-likeness (QED) is 0.886. The third kappa shape index (κ3) is 2.11. The number of methoxy groups -OCH3 is 1. The molecule has 3 N–H and O–H groups in total. The molecule has 0 saturated heterocycles. The molecular formula is C11H13BrN2O2. The van der Waals surface area contributed by atoms with Gasteiger partial charge in [0.2, 0.25) is 5.91 Å². The van der Waals surface area contributed by atoms with Crippen molar-refractivity contribution >= 4 is 27.5 Å². The Bertz CT molecular complexity index is 434. The van der Waals surface area contributed by atoms with Gasteiger partial charge < -0.3 is 15.8 Å². The van der Waals surface area contributed by atoms with Crippen LogP contribution < -0.4 is 11.1 Å². The van der Waals surface area contributed by atoms with Gasteiger partial charge in [-0.05, 0) is 23.3 Å². The lowest BCUT2D eigenvalue weighted by Crippen LogP contribution is -2.18. The molecule has 1 unspecified atom stereocenters. The average molecular weight is 285 g/mol. The highest BCUT2D eigenvalue weighted by Gasteiger charge is 2.23. The van der Waals surface area contributed by atoms with Gasteiger partial charge >= 0.3 is 0 Å². The molecule has 1 atom stereocenters. The van der Waals surface area contributed by atoms with Crippen molar-refractivity contribution in [1.82, 2.24) is 0 Å². The maximum absolute atomic E-state index is 11.3. The van der Waals surface area contributed by atoms with Crippen molar-refractivity contribution in [2.45, 2.75) is 12.5 Å². The molecule has 4 nitrogen and oxygen atoms in total. The van der Waals surface area contributed by atoms with Gasteiger partial charge in [-0.2, -0.15) is 0 Å². The number of rotatable bonds is 3. The maximum Gasteiger partial charge on any atom is 0.228 e. The Hall–Kier alpha value is -0.910. The molecule has 0 spiro atoms. The Morgan fingerprint density at radius 1 is 1.62 bits per heavy atom. The summed E-state index contributed by atoms with van der Waals surface area (Å²) >= 11 is 3.42. The fourth-order valence-electron chi connectivity index (χ4n) is 1.90. The SMILES string of the molecule is COCC(N)c1cc(Br)cc2c1NC(=O)C2. The molecule has 1 aromatic rings. The average Bonchev–Trinajstić information content (AvgIpc) is 2.57. The molecule has 1 aromatic carbocycles. The molecule has 1 aliphatic heterocycles. The standard InChI is InChI=1S/C11H13BrN2O2/c1-16-5-9(13)8-4-7(12)2-6-3-10(15)14-11(6)8/h2,4,9H,3,5,13H2,1H3,(H,14,15). The summed E-state index contributed by atoms with van der Waals surface area (Å²) in [5.74, 6) is 0.0129. The molecule has 0 aliphatic carbocycles. The molecule has 86 valence electrons. The molecule has 0 aromatic heterocycles. The normalized spacial score (nSPS) is 15.8. The second-order valence-electron chi connectivity index (χ2n) is 3.82. The number of hydrogen-bond donors (Lipinski definition) is 2. The Morgan fingerprint density at radius 3 is 3.06 bits per heavy atom. The van der Waals surface area contributed by atoms with Crippen LogP contribution in [-0.4, -0.2) is 19.6 Å². The third-order valence-corrected chi connectivity index (χ3v) is 3.03. The lowest BCUT2D eigenvalue weighted by molar-refractivity contribution is -0.115. The number of nitrogens with two attached hydrogens (primary N) is 1. The summed E-state index contributed by atoms with van der Waals surface area (Å²) in [6.45, 7) is 0.429. The summed E-state index contributed by atoms with van der Waals surface area (Å²) in [6.07, 6.45) is 0.418. The van der Waals surface area contributed by atoms with Crippen LogP contribution >= 0.6 is 15.9 Å². The van der Waals surface area contributed by atoms with E-state index in [-0.39, 0.29) is 11.9 Å². The van der Waals surface area contributed by atoms with Crippen molar-refractivity contribution in [3.8, 4) is 0 Å². The first kappa shape index (κ1) is 11.6. The van der Waals surface area contributed by atoms with Gasteiger partial charge in [0.25, 0.3) is 0 Å². The van der Waals surface area contributed by atoms with Gasteiger partial charge in [0, 0.05) is 17.3 Å². The summed E-state index contributed by atoms with van der Waals surface area (Å²) in [6, 6.07) is 3.64. The van der Waals surface area contributed by atoms with E-state index >= 15 is 0 Å². The number of benzene rings is 1. The van der Waals surface area contributed by atoms with E-state index in [1.807, 2.05) is 12.1 Å². The molecule has 0 radical (unpaired) electrons. The lowest BCUT2D eigenvalue weighted by Gasteiger charge is -2.15. The zero-order valence-electron chi connectivity index (χ0n) is 8.92. The Labute approximate surface area is 102 Å². The Balaban J connectivity index is 2.42. The molecule has 2 rings (SSSR count). The fraction of sp³-hybridized carbons (Fsp3) is 0.364. The molecule has 5 heteroatoms. The molecule has 0 saturated carbocycles.